The van der Waals surface area contributed by atoms with Crippen LogP contribution in [0, 0.1) is 12.8 Å². The van der Waals surface area contributed by atoms with Crippen LogP contribution in [0.3, 0.4) is 0 Å². The summed E-state index contributed by atoms with van der Waals surface area (Å²) in [5.41, 5.74) is 3.37. The number of carbonyl (C=O) groups excluding carboxylic acids is 1. The number of rotatable bonds is 4. The summed E-state index contributed by atoms with van der Waals surface area (Å²) in [7, 11) is 0. The largest absolute Gasteiger partial charge is 0.326 e. The fourth-order valence-corrected chi connectivity index (χ4v) is 2.23. The molecule has 1 rings (SSSR count). The molecule has 0 aliphatic rings. The van der Waals surface area contributed by atoms with Gasteiger partial charge in [0.05, 0.1) is 0 Å². The predicted octanol–water partition coefficient (Wildman–Crippen LogP) is 4.10. The Bertz CT molecular complexity index is 396. The van der Waals surface area contributed by atoms with Crippen LogP contribution in [-0.2, 0) is 4.79 Å². The van der Waals surface area contributed by atoms with Crippen LogP contribution in [0.15, 0.2) is 18.2 Å². The molecule has 17 heavy (non-hydrogen) atoms. The molecule has 0 fully saturated rings. The standard InChI is InChI=1S/C15H23NO/c1-10(2)8-12(4)14-7-6-11(3)9-15(14)16-13(5)17/h6-7,9-10,12H,8H2,1-5H3,(H,16,17). The van der Waals surface area contributed by atoms with Crippen molar-refractivity contribution in [1.82, 2.24) is 0 Å². The minimum absolute atomic E-state index is 0.00593. The molecule has 1 aromatic carbocycles. The Morgan fingerprint density at radius 2 is 1.94 bits per heavy atom. The third-order valence-electron chi connectivity index (χ3n) is 2.88. The van der Waals surface area contributed by atoms with Crippen LogP contribution in [-0.4, -0.2) is 5.91 Å². The highest BCUT2D eigenvalue weighted by atomic mass is 16.1. The molecule has 0 radical (unpaired) electrons. The Morgan fingerprint density at radius 3 is 2.47 bits per heavy atom. The second kappa shape index (κ2) is 5.85. The van der Waals surface area contributed by atoms with Crippen LogP contribution in [0.2, 0.25) is 0 Å². The Hall–Kier alpha value is -1.31. The maximum absolute atomic E-state index is 11.2. The molecule has 0 bridgehead atoms. The van der Waals surface area contributed by atoms with E-state index in [4.69, 9.17) is 0 Å². The zero-order valence-corrected chi connectivity index (χ0v) is 11.5. The van der Waals surface area contributed by atoms with E-state index < -0.39 is 0 Å². The highest BCUT2D eigenvalue weighted by molar-refractivity contribution is 5.89. The molecule has 1 aromatic rings. The lowest BCUT2D eigenvalue weighted by atomic mass is 9.90. The molecule has 0 aliphatic carbocycles. The molecule has 0 heterocycles. The summed E-state index contributed by atoms with van der Waals surface area (Å²) in [6.45, 7) is 10.3. The van der Waals surface area contributed by atoms with Crippen LogP contribution in [0.5, 0.6) is 0 Å². The Morgan fingerprint density at radius 1 is 1.29 bits per heavy atom. The van der Waals surface area contributed by atoms with E-state index in [1.807, 2.05) is 13.0 Å². The van der Waals surface area contributed by atoms with Crippen molar-refractivity contribution in [3.63, 3.8) is 0 Å². The molecule has 1 N–H and O–H groups in total. The van der Waals surface area contributed by atoms with Crippen LogP contribution in [0.4, 0.5) is 5.69 Å². The maximum Gasteiger partial charge on any atom is 0.221 e. The summed E-state index contributed by atoms with van der Waals surface area (Å²) < 4.78 is 0. The van der Waals surface area contributed by atoms with E-state index in [1.54, 1.807) is 6.92 Å². The van der Waals surface area contributed by atoms with Gasteiger partial charge in [0, 0.05) is 12.6 Å². The number of nitrogens with one attached hydrogen (secondary N) is 1. The highest BCUT2D eigenvalue weighted by Gasteiger charge is 2.13. The van der Waals surface area contributed by atoms with Crippen molar-refractivity contribution < 1.29 is 4.79 Å². The first-order chi connectivity index (χ1) is 7.90. The van der Waals surface area contributed by atoms with E-state index in [0.29, 0.717) is 11.8 Å². The zero-order valence-electron chi connectivity index (χ0n) is 11.5. The van der Waals surface area contributed by atoms with E-state index in [1.165, 1.54) is 11.1 Å². The van der Waals surface area contributed by atoms with Crippen molar-refractivity contribution in [1.29, 1.82) is 0 Å². The minimum atomic E-state index is -0.00593. The number of hydrogen-bond donors (Lipinski definition) is 1. The minimum Gasteiger partial charge on any atom is -0.326 e. The lowest BCUT2D eigenvalue weighted by Crippen LogP contribution is -2.10. The molecule has 0 spiro atoms. The summed E-state index contributed by atoms with van der Waals surface area (Å²) in [4.78, 5) is 11.2. The van der Waals surface area contributed by atoms with Crippen LogP contribution in [0.1, 0.15) is 51.2 Å². The van der Waals surface area contributed by atoms with Crippen molar-refractivity contribution in [2.24, 2.45) is 5.92 Å². The summed E-state index contributed by atoms with van der Waals surface area (Å²) in [6.07, 6.45) is 1.13. The van der Waals surface area contributed by atoms with Gasteiger partial charge >= 0.3 is 0 Å². The molecular weight excluding hydrogens is 210 g/mol. The third-order valence-corrected chi connectivity index (χ3v) is 2.88. The predicted molar refractivity (Wildman–Crippen MR) is 73.4 cm³/mol. The molecule has 2 nitrogen and oxygen atoms in total. The topological polar surface area (TPSA) is 29.1 Å². The van der Waals surface area contributed by atoms with Crippen LogP contribution in [0.25, 0.3) is 0 Å². The van der Waals surface area contributed by atoms with E-state index in [0.717, 1.165) is 12.1 Å². The summed E-state index contributed by atoms with van der Waals surface area (Å²) in [5, 5.41) is 2.93. The Balaban J connectivity index is 3.00. The van der Waals surface area contributed by atoms with Gasteiger partial charge in [0.25, 0.3) is 0 Å². The van der Waals surface area contributed by atoms with Gasteiger partial charge in [-0.25, -0.2) is 0 Å². The third kappa shape index (κ3) is 4.22. The van der Waals surface area contributed by atoms with Gasteiger partial charge in [0.2, 0.25) is 5.91 Å². The van der Waals surface area contributed by atoms with E-state index in [-0.39, 0.29) is 5.91 Å². The molecule has 0 saturated heterocycles. The quantitative estimate of drug-likeness (QED) is 0.833. The second-order valence-electron chi connectivity index (χ2n) is 5.30. The molecule has 1 unspecified atom stereocenters. The Labute approximate surface area is 104 Å². The fourth-order valence-electron chi connectivity index (χ4n) is 2.23. The van der Waals surface area contributed by atoms with Crippen molar-refractivity contribution in [3.05, 3.63) is 29.3 Å². The van der Waals surface area contributed by atoms with Gasteiger partial charge < -0.3 is 5.32 Å². The van der Waals surface area contributed by atoms with Gasteiger partial charge in [-0.3, -0.25) is 4.79 Å². The van der Waals surface area contributed by atoms with Gasteiger partial charge in [-0.1, -0.05) is 32.9 Å². The van der Waals surface area contributed by atoms with Crippen molar-refractivity contribution in [2.45, 2.75) is 47.0 Å². The smallest absolute Gasteiger partial charge is 0.221 e. The van der Waals surface area contributed by atoms with Gasteiger partial charge in [-0.15, -0.1) is 0 Å². The number of anilines is 1. The van der Waals surface area contributed by atoms with Gasteiger partial charge in [0.1, 0.15) is 0 Å². The molecule has 1 amide bonds. The van der Waals surface area contributed by atoms with Crippen LogP contribution < -0.4 is 5.32 Å². The molecular formula is C15H23NO. The SMILES string of the molecule is CC(=O)Nc1cc(C)ccc1C(C)CC(C)C. The normalized spacial score (nSPS) is 12.6. The average Bonchev–Trinajstić information content (AvgIpc) is 2.15. The van der Waals surface area contributed by atoms with E-state index in [2.05, 4.69) is 38.2 Å². The first-order valence-corrected chi connectivity index (χ1v) is 6.28. The first-order valence-electron chi connectivity index (χ1n) is 6.28. The Kier molecular flexibility index (Phi) is 4.73. The van der Waals surface area contributed by atoms with Crippen LogP contribution >= 0.6 is 0 Å². The number of hydrogen-bond acceptors (Lipinski definition) is 1. The van der Waals surface area contributed by atoms with Gasteiger partial charge in [-0.05, 0) is 42.4 Å². The lowest BCUT2D eigenvalue weighted by Gasteiger charge is -2.19. The average molecular weight is 233 g/mol. The molecule has 94 valence electrons. The van der Waals surface area contributed by atoms with Crippen molar-refractivity contribution in [2.75, 3.05) is 5.32 Å². The number of carbonyl (C=O) groups is 1. The molecule has 1 atom stereocenters. The summed E-state index contributed by atoms with van der Waals surface area (Å²) >= 11 is 0. The summed E-state index contributed by atoms with van der Waals surface area (Å²) in [5.74, 6) is 1.13. The van der Waals surface area contributed by atoms with Crippen molar-refractivity contribution >= 4 is 11.6 Å². The molecule has 0 aliphatic heterocycles. The molecule has 0 saturated carbocycles. The molecule has 2 heteroatoms. The maximum atomic E-state index is 11.2. The summed E-state index contributed by atoms with van der Waals surface area (Å²) in [6, 6.07) is 6.29. The monoisotopic (exact) mass is 233 g/mol. The fraction of sp³-hybridized carbons (Fsp3) is 0.533. The van der Waals surface area contributed by atoms with Crippen molar-refractivity contribution in [3.8, 4) is 0 Å². The van der Waals surface area contributed by atoms with Gasteiger partial charge in [0.15, 0.2) is 0 Å². The number of amides is 1. The number of aryl methyl sites for hydroxylation is 1. The zero-order chi connectivity index (χ0) is 13.0. The first kappa shape index (κ1) is 13.8. The highest BCUT2D eigenvalue weighted by Crippen LogP contribution is 2.30. The van der Waals surface area contributed by atoms with E-state index in [9.17, 15) is 4.79 Å². The van der Waals surface area contributed by atoms with E-state index >= 15 is 0 Å². The number of benzene rings is 1. The molecule has 0 aromatic heterocycles. The second-order valence-corrected chi connectivity index (χ2v) is 5.30. The van der Waals surface area contributed by atoms with Gasteiger partial charge in [-0.2, -0.15) is 0 Å². The lowest BCUT2D eigenvalue weighted by molar-refractivity contribution is -0.114.